The summed E-state index contributed by atoms with van der Waals surface area (Å²) in [6.07, 6.45) is 0. The maximum absolute atomic E-state index is 10.8. The van der Waals surface area contributed by atoms with Gasteiger partial charge in [-0.15, -0.1) is 0 Å². The SMILES string of the molecule is O=[N+]([O-])c1cccc(-c2ccc3c(c2)CNC3)c1. The number of non-ortho nitro benzene ring substituents is 1. The first-order valence-corrected chi connectivity index (χ1v) is 5.81. The van der Waals surface area contributed by atoms with Crippen LogP contribution in [0.3, 0.4) is 0 Å². The predicted molar refractivity (Wildman–Crippen MR) is 69.1 cm³/mol. The van der Waals surface area contributed by atoms with Gasteiger partial charge in [0.05, 0.1) is 4.92 Å². The van der Waals surface area contributed by atoms with Crippen molar-refractivity contribution in [2.45, 2.75) is 13.1 Å². The van der Waals surface area contributed by atoms with Crippen LogP contribution >= 0.6 is 0 Å². The van der Waals surface area contributed by atoms with Crippen molar-refractivity contribution in [3.63, 3.8) is 0 Å². The molecule has 0 saturated carbocycles. The van der Waals surface area contributed by atoms with E-state index in [9.17, 15) is 10.1 Å². The highest BCUT2D eigenvalue weighted by molar-refractivity contribution is 5.67. The fourth-order valence-electron chi connectivity index (χ4n) is 2.27. The number of hydrogen-bond donors (Lipinski definition) is 1. The maximum atomic E-state index is 10.8. The highest BCUT2D eigenvalue weighted by Crippen LogP contribution is 2.27. The third-order valence-electron chi connectivity index (χ3n) is 3.23. The quantitative estimate of drug-likeness (QED) is 0.648. The summed E-state index contributed by atoms with van der Waals surface area (Å²) in [6.45, 7) is 1.78. The van der Waals surface area contributed by atoms with Crippen molar-refractivity contribution >= 4 is 5.69 Å². The lowest BCUT2D eigenvalue weighted by Gasteiger charge is -2.04. The minimum absolute atomic E-state index is 0.131. The van der Waals surface area contributed by atoms with E-state index in [0.717, 1.165) is 24.2 Å². The number of hydrogen-bond acceptors (Lipinski definition) is 3. The molecule has 1 heterocycles. The van der Waals surface area contributed by atoms with Crippen LogP contribution in [0.2, 0.25) is 0 Å². The van der Waals surface area contributed by atoms with Crippen LogP contribution in [0.25, 0.3) is 11.1 Å². The average molecular weight is 240 g/mol. The van der Waals surface area contributed by atoms with Crippen LogP contribution in [0.4, 0.5) is 5.69 Å². The topological polar surface area (TPSA) is 55.2 Å². The largest absolute Gasteiger partial charge is 0.309 e. The molecule has 0 radical (unpaired) electrons. The maximum Gasteiger partial charge on any atom is 0.270 e. The first kappa shape index (κ1) is 10.9. The summed E-state index contributed by atoms with van der Waals surface area (Å²) < 4.78 is 0. The molecule has 0 saturated heterocycles. The number of nitrogens with one attached hydrogen (secondary N) is 1. The predicted octanol–water partition coefficient (Wildman–Crippen LogP) is 2.87. The van der Waals surface area contributed by atoms with Crippen LogP contribution in [0.5, 0.6) is 0 Å². The summed E-state index contributed by atoms with van der Waals surface area (Å²) in [7, 11) is 0. The molecule has 90 valence electrons. The van der Waals surface area contributed by atoms with E-state index < -0.39 is 0 Å². The average Bonchev–Trinajstić information content (AvgIpc) is 2.86. The molecule has 1 aliphatic rings. The number of nitro groups is 1. The Balaban J connectivity index is 2.04. The van der Waals surface area contributed by atoms with E-state index in [-0.39, 0.29) is 10.6 Å². The van der Waals surface area contributed by atoms with Crippen molar-refractivity contribution in [1.29, 1.82) is 0 Å². The minimum atomic E-state index is -0.363. The van der Waals surface area contributed by atoms with E-state index in [1.54, 1.807) is 12.1 Å². The van der Waals surface area contributed by atoms with E-state index in [1.807, 2.05) is 12.1 Å². The Kier molecular flexibility index (Phi) is 2.57. The lowest BCUT2D eigenvalue weighted by molar-refractivity contribution is -0.384. The van der Waals surface area contributed by atoms with Crippen molar-refractivity contribution in [2.75, 3.05) is 0 Å². The molecule has 0 fully saturated rings. The molecule has 0 atom stereocenters. The summed E-state index contributed by atoms with van der Waals surface area (Å²) in [6, 6.07) is 13.0. The van der Waals surface area contributed by atoms with E-state index in [4.69, 9.17) is 0 Å². The summed E-state index contributed by atoms with van der Waals surface area (Å²) in [5.74, 6) is 0. The third kappa shape index (κ3) is 1.87. The number of fused-ring (bicyclic) bond motifs is 1. The Hall–Kier alpha value is -2.20. The van der Waals surface area contributed by atoms with Gasteiger partial charge in [-0.2, -0.15) is 0 Å². The van der Waals surface area contributed by atoms with Crippen LogP contribution in [0.1, 0.15) is 11.1 Å². The molecule has 0 amide bonds. The van der Waals surface area contributed by atoms with Gasteiger partial charge in [0.15, 0.2) is 0 Å². The summed E-state index contributed by atoms with van der Waals surface area (Å²) in [4.78, 5) is 10.4. The van der Waals surface area contributed by atoms with Gasteiger partial charge >= 0.3 is 0 Å². The van der Waals surface area contributed by atoms with Crippen molar-refractivity contribution in [3.8, 4) is 11.1 Å². The number of rotatable bonds is 2. The smallest absolute Gasteiger partial charge is 0.270 e. The molecule has 4 heteroatoms. The van der Waals surface area contributed by atoms with Gasteiger partial charge in [-0.3, -0.25) is 10.1 Å². The standard InChI is InChI=1S/C14H12N2O2/c17-16(18)14-3-1-2-10(7-14)11-4-5-12-8-15-9-13(12)6-11/h1-7,15H,8-9H2. The third-order valence-corrected chi connectivity index (χ3v) is 3.23. The monoisotopic (exact) mass is 240 g/mol. The fraction of sp³-hybridized carbons (Fsp3) is 0.143. The van der Waals surface area contributed by atoms with Crippen LogP contribution in [0, 0.1) is 10.1 Å². The Morgan fingerprint density at radius 1 is 1.00 bits per heavy atom. The summed E-state index contributed by atoms with van der Waals surface area (Å²) in [5.41, 5.74) is 4.63. The first-order valence-electron chi connectivity index (χ1n) is 5.81. The Bertz CT molecular complexity index is 623. The van der Waals surface area contributed by atoms with E-state index in [1.165, 1.54) is 17.2 Å². The van der Waals surface area contributed by atoms with Gasteiger partial charge < -0.3 is 5.32 Å². The molecule has 1 aliphatic heterocycles. The molecule has 4 nitrogen and oxygen atoms in total. The summed E-state index contributed by atoms with van der Waals surface area (Å²) in [5, 5.41) is 14.1. The zero-order chi connectivity index (χ0) is 12.5. The highest BCUT2D eigenvalue weighted by atomic mass is 16.6. The number of nitro benzene ring substituents is 1. The van der Waals surface area contributed by atoms with Gasteiger partial charge in [-0.1, -0.05) is 24.3 Å². The number of benzene rings is 2. The van der Waals surface area contributed by atoms with Crippen LogP contribution < -0.4 is 5.32 Å². The molecular formula is C14H12N2O2. The van der Waals surface area contributed by atoms with Crippen molar-refractivity contribution in [1.82, 2.24) is 5.32 Å². The van der Waals surface area contributed by atoms with Crippen molar-refractivity contribution < 1.29 is 4.92 Å². The second-order valence-corrected chi connectivity index (χ2v) is 4.39. The molecule has 2 aromatic rings. The zero-order valence-corrected chi connectivity index (χ0v) is 9.72. The Labute approximate surface area is 104 Å². The second-order valence-electron chi connectivity index (χ2n) is 4.39. The van der Waals surface area contributed by atoms with Gasteiger partial charge in [0, 0.05) is 25.2 Å². The van der Waals surface area contributed by atoms with Gasteiger partial charge in [0.1, 0.15) is 0 Å². The van der Waals surface area contributed by atoms with Gasteiger partial charge in [0.25, 0.3) is 5.69 Å². The molecular weight excluding hydrogens is 228 g/mol. The van der Waals surface area contributed by atoms with Crippen molar-refractivity contribution in [3.05, 3.63) is 63.7 Å². The van der Waals surface area contributed by atoms with E-state index in [2.05, 4.69) is 17.4 Å². The van der Waals surface area contributed by atoms with Gasteiger partial charge in [0.2, 0.25) is 0 Å². The fourth-order valence-corrected chi connectivity index (χ4v) is 2.27. The molecule has 18 heavy (non-hydrogen) atoms. The van der Waals surface area contributed by atoms with Gasteiger partial charge in [-0.25, -0.2) is 0 Å². The minimum Gasteiger partial charge on any atom is -0.309 e. The number of nitrogens with zero attached hydrogens (tertiary/aromatic N) is 1. The molecule has 2 aromatic carbocycles. The first-order chi connectivity index (χ1) is 8.74. The molecule has 0 aromatic heterocycles. The van der Waals surface area contributed by atoms with E-state index >= 15 is 0 Å². The molecule has 0 aliphatic carbocycles. The van der Waals surface area contributed by atoms with Crippen LogP contribution in [-0.2, 0) is 13.1 Å². The molecule has 0 spiro atoms. The lowest BCUT2D eigenvalue weighted by Crippen LogP contribution is -1.99. The molecule has 1 N–H and O–H groups in total. The Morgan fingerprint density at radius 2 is 1.78 bits per heavy atom. The van der Waals surface area contributed by atoms with Crippen LogP contribution in [0.15, 0.2) is 42.5 Å². The van der Waals surface area contributed by atoms with Crippen molar-refractivity contribution in [2.24, 2.45) is 0 Å². The molecule has 0 bridgehead atoms. The van der Waals surface area contributed by atoms with Crippen LogP contribution in [-0.4, -0.2) is 4.92 Å². The zero-order valence-electron chi connectivity index (χ0n) is 9.72. The normalized spacial score (nSPS) is 13.3. The van der Waals surface area contributed by atoms with Gasteiger partial charge in [-0.05, 0) is 28.3 Å². The summed E-state index contributed by atoms with van der Waals surface area (Å²) >= 11 is 0. The molecule has 0 unspecified atom stereocenters. The second kappa shape index (κ2) is 4.23. The Morgan fingerprint density at radius 3 is 2.61 bits per heavy atom. The lowest BCUT2D eigenvalue weighted by atomic mass is 10.0. The molecule has 3 rings (SSSR count). The van der Waals surface area contributed by atoms with E-state index in [0.29, 0.717) is 0 Å². The highest BCUT2D eigenvalue weighted by Gasteiger charge is 2.12.